The molecule has 1 fully saturated rings. The van der Waals surface area contributed by atoms with E-state index in [1.807, 2.05) is 11.8 Å². The summed E-state index contributed by atoms with van der Waals surface area (Å²) in [6, 6.07) is 0. The highest BCUT2D eigenvalue weighted by Crippen LogP contribution is 2.45. The minimum atomic E-state index is 0.560. The molecule has 1 aliphatic carbocycles. The summed E-state index contributed by atoms with van der Waals surface area (Å²) in [6.45, 7) is 0. The summed E-state index contributed by atoms with van der Waals surface area (Å²) in [5.41, 5.74) is 0.560. The van der Waals surface area contributed by atoms with Gasteiger partial charge in [0.05, 0.1) is 0 Å². The lowest BCUT2D eigenvalue weighted by Gasteiger charge is -2.40. The van der Waals surface area contributed by atoms with Crippen molar-refractivity contribution in [3.8, 4) is 0 Å². The van der Waals surface area contributed by atoms with Crippen LogP contribution in [0.4, 0.5) is 0 Å². The average molecular weight is 179 g/mol. The predicted octanol–water partition coefficient (Wildman–Crippen LogP) is 3.15. The number of thioether (sulfide) groups is 1. The Balaban J connectivity index is 2.20. The van der Waals surface area contributed by atoms with Gasteiger partial charge in [-0.05, 0) is 36.7 Å². The smallest absolute Gasteiger partial charge is 0.0280 e. The van der Waals surface area contributed by atoms with Gasteiger partial charge < -0.3 is 0 Å². The number of hydrogen-bond donors (Lipinski definition) is 0. The van der Waals surface area contributed by atoms with E-state index >= 15 is 0 Å². The molecule has 0 aliphatic heterocycles. The van der Waals surface area contributed by atoms with Crippen molar-refractivity contribution in [2.24, 2.45) is 5.41 Å². The number of alkyl halides is 1. The van der Waals surface area contributed by atoms with Crippen molar-refractivity contribution in [2.45, 2.75) is 25.7 Å². The maximum absolute atomic E-state index is 5.89. The molecule has 2 heteroatoms. The van der Waals surface area contributed by atoms with Gasteiger partial charge in [0.1, 0.15) is 0 Å². The first kappa shape index (κ1) is 8.73. The van der Waals surface area contributed by atoms with Crippen molar-refractivity contribution >= 4 is 23.4 Å². The second-order valence-electron chi connectivity index (χ2n) is 3.23. The zero-order valence-electron chi connectivity index (χ0n) is 6.53. The Morgan fingerprint density at radius 3 is 2.50 bits per heavy atom. The van der Waals surface area contributed by atoms with Crippen LogP contribution in [0.2, 0.25) is 0 Å². The summed E-state index contributed by atoms with van der Waals surface area (Å²) in [6.07, 6.45) is 7.65. The summed E-state index contributed by atoms with van der Waals surface area (Å²) in [5, 5.41) is 0. The van der Waals surface area contributed by atoms with Crippen molar-refractivity contribution in [1.29, 1.82) is 0 Å². The maximum atomic E-state index is 5.89. The van der Waals surface area contributed by atoms with Gasteiger partial charge in [-0.3, -0.25) is 0 Å². The fourth-order valence-corrected chi connectivity index (χ4v) is 2.48. The molecule has 0 spiro atoms. The summed E-state index contributed by atoms with van der Waals surface area (Å²) >= 11 is 7.82. The Morgan fingerprint density at radius 2 is 2.20 bits per heavy atom. The first-order chi connectivity index (χ1) is 4.83. The number of rotatable bonds is 4. The van der Waals surface area contributed by atoms with E-state index in [4.69, 9.17) is 11.6 Å². The number of hydrogen-bond acceptors (Lipinski definition) is 1. The third kappa shape index (κ3) is 1.82. The molecule has 0 nitrogen and oxygen atoms in total. The first-order valence-electron chi connectivity index (χ1n) is 3.88. The van der Waals surface area contributed by atoms with Crippen LogP contribution in [0.1, 0.15) is 25.7 Å². The molecule has 0 unspecified atom stereocenters. The molecule has 0 atom stereocenters. The topological polar surface area (TPSA) is 0 Å². The van der Waals surface area contributed by atoms with Crippen LogP contribution >= 0.6 is 23.4 Å². The lowest BCUT2D eigenvalue weighted by Crippen LogP contribution is -2.31. The molecule has 0 heterocycles. The van der Waals surface area contributed by atoms with Gasteiger partial charge in [-0.15, -0.1) is 11.6 Å². The average Bonchev–Trinajstić information content (AvgIpc) is 1.87. The largest absolute Gasteiger partial charge is 0.165 e. The van der Waals surface area contributed by atoms with Crippen LogP contribution in [0.5, 0.6) is 0 Å². The summed E-state index contributed by atoms with van der Waals surface area (Å²) in [7, 11) is 0. The molecule has 0 bridgehead atoms. The van der Waals surface area contributed by atoms with Crippen LogP contribution in [0.3, 0.4) is 0 Å². The molecular formula is C8H15ClS. The second kappa shape index (κ2) is 3.87. The van der Waals surface area contributed by atoms with E-state index in [9.17, 15) is 0 Å². The molecule has 1 aliphatic rings. The van der Waals surface area contributed by atoms with Crippen molar-refractivity contribution in [1.82, 2.24) is 0 Å². The fourth-order valence-electron chi connectivity index (χ4n) is 1.45. The van der Waals surface area contributed by atoms with Crippen molar-refractivity contribution in [3.05, 3.63) is 0 Å². The van der Waals surface area contributed by atoms with Crippen molar-refractivity contribution < 1.29 is 0 Å². The molecule has 60 valence electrons. The van der Waals surface area contributed by atoms with E-state index in [0.717, 1.165) is 5.88 Å². The molecule has 0 N–H and O–H groups in total. The number of halogens is 1. The van der Waals surface area contributed by atoms with Crippen LogP contribution in [-0.4, -0.2) is 17.9 Å². The van der Waals surface area contributed by atoms with Crippen LogP contribution in [0.25, 0.3) is 0 Å². The van der Waals surface area contributed by atoms with Crippen LogP contribution in [0.15, 0.2) is 0 Å². The van der Waals surface area contributed by atoms with Gasteiger partial charge in [-0.1, -0.05) is 6.42 Å². The van der Waals surface area contributed by atoms with Gasteiger partial charge in [0.2, 0.25) is 0 Å². The highest BCUT2D eigenvalue weighted by molar-refractivity contribution is 7.98. The summed E-state index contributed by atoms with van der Waals surface area (Å²) in [4.78, 5) is 0. The predicted molar refractivity (Wildman–Crippen MR) is 50.0 cm³/mol. The molecule has 0 aromatic carbocycles. The van der Waals surface area contributed by atoms with Gasteiger partial charge in [-0.25, -0.2) is 0 Å². The van der Waals surface area contributed by atoms with E-state index in [2.05, 4.69) is 6.26 Å². The van der Waals surface area contributed by atoms with Gasteiger partial charge in [0, 0.05) is 5.88 Å². The molecular weight excluding hydrogens is 164 g/mol. The Bertz CT molecular complexity index is 93.9. The zero-order chi connectivity index (χ0) is 7.45. The van der Waals surface area contributed by atoms with E-state index in [-0.39, 0.29) is 0 Å². The molecule has 0 amide bonds. The van der Waals surface area contributed by atoms with Crippen molar-refractivity contribution in [3.63, 3.8) is 0 Å². The van der Waals surface area contributed by atoms with E-state index in [0.29, 0.717) is 5.41 Å². The molecule has 0 aromatic heterocycles. The van der Waals surface area contributed by atoms with Crippen LogP contribution < -0.4 is 0 Å². The Labute approximate surface area is 72.7 Å². The third-order valence-corrected chi connectivity index (χ3v) is 3.71. The molecule has 0 saturated heterocycles. The monoisotopic (exact) mass is 178 g/mol. The van der Waals surface area contributed by atoms with Gasteiger partial charge in [-0.2, -0.15) is 11.8 Å². The van der Waals surface area contributed by atoms with Crippen molar-refractivity contribution in [2.75, 3.05) is 17.9 Å². The highest BCUT2D eigenvalue weighted by atomic mass is 35.5. The minimum absolute atomic E-state index is 0.560. The molecule has 0 aromatic rings. The van der Waals surface area contributed by atoms with E-state index in [1.165, 1.54) is 31.4 Å². The first-order valence-corrected chi connectivity index (χ1v) is 5.81. The normalized spacial score (nSPS) is 22.2. The van der Waals surface area contributed by atoms with E-state index in [1.54, 1.807) is 0 Å². The quantitative estimate of drug-likeness (QED) is 0.597. The van der Waals surface area contributed by atoms with Gasteiger partial charge >= 0.3 is 0 Å². The molecule has 1 rings (SSSR count). The third-order valence-electron chi connectivity index (χ3n) is 2.53. The Hall–Kier alpha value is 0.640. The lowest BCUT2D eigenvalue weighted by molar-refractivity contribution is 0.161. The maximum Gasteiger partial charge on any atom is 0.0280 e. The molecule has 10 heavy (non-hydrogen) atoms. The lowest BCUT2D eigenvalue weighted by atomic mass is 9.68. The molecule has 0 radical (unpaired) electrons. The van der Waals surface area contributed by atoms with Crippen LogP contribution in [0, 0.1) is 5.41 Å². The Kier molecular flexibility index (Phi) is 3.38. The summed E-state index contributed by atoms with van der Waals surface area (Å²) < 4.78 is 0. The SMILES string of the molecule is CSCCC1(CCl)CCC1. The van der Waals surface area contributed by atoms with Gasteiger partial charge in [0.15, 0.2) is 0 Å². The van der Waals surface area contributed by atoms with Gasteiger partial charge in [0.25, 0.3) is 0 Å². The second-order valence-corrected chi connectivity index (χ2v) is 4.48. The zero-order valence-corrected chi connectivity index (χ0v) is 8.10. The highest BCUT2D eigenvalue weighted by Gasteiger charge is 2.34. The standard InChI is InChI=1S/C8H15ClS/c1-10-6-5-8(7-9)3-2-4-8/h2-7H2,1H3. The fraction of sp³-hybridized carbons (Fsp3) is 1.00. The Morgan fingerprint density at radius 1 is 1.50 bits per heavy atom. The van der Waals surface area contributed by atoms with E-state index < -0.39 is 0 Å². The van der Waals surface area contributed by atoms with Crippen LogP contribution in [-0.2, 0) is 0 Å². The summed E-state index contributed by atoms with van der Waals surface area (Å²) in [5.74, 6) is 2.17. The molecule has 1 saturated carbocycles. The minimum Gasteiger partial charge on any atom is -0.165 e.